The van der Waals surface area contributed by atoms with Gasteiger partial charge in [-0.05, 0) is 39.7 Å². The zero-order valence-corrected chi connectivity index (χ0v) is 17.8. The third kappa shape index (κ3) is 5.27. The van der Waals surface area contributed by atoms with Gasteiger partial charge in [0, 0.05) is 28.4 Å². The Morgan fingerprint density at radius 2 is 2.00 bits per heavy atom. The van der Waals surface area contributed by atoms with E-state index in [9.17, 15) is 20.0 Å². The fraction of sp³-hybridized carbons (Fsp3) is 0.0556. The monoisotopic (exact) mass is 521 g/mol. The van der Waals surface area contributed by atoms with Crippen molar-refractivity contribution in [2.45, 2.75) is 6.54 Å². The number of hydrogen-bond donors (Lipinski definition) is 2. The molecule has 2 aromatic carbocycles. The van der Waals surface area contributed by atoms with Crippen LogP contribution in [0.25, 0.3) is 0 Å². The lowest BCUT2D eigenvalue weighted by molar-refractivity contribution is -0.384. The fourth-order valence-corrected chi connectivity index (χ4v) is 3.26. The molecule has 29 heavy (non-hydrogen) atoms. The van der Waals surface area contributed by atoms with E-state index in [2.05, 4.69) is 47.5 Å². The summed E-state index contributed by atoms with van der Waals surface area (Å²) in [6, 6.07) is 10.9. The van der Waals surface area contributed by atoms with Crippen molar-refractivity contribution in [2.75, 3.05) is 0 Å². The molecule has 1 heterocycles. The largest absolute Gasteiger partial charge is 0.507 e. The number of nitro benzene ring substituents is 1. The minimum atomic E-state index is -0.537. The van der Waals surface area contributed by atoms with Crippen LogP contribution in [0.15, 0.2) is 62.7 Å². The standard InChI is InChI=1S/C18H13Br2N5O4/c19-13-3-6-16(26)12(7-13)8-21-22-18(27)17-15(20)10-24(23-17)9-11-1-4-14(5-2-11)25(28)29/h1-8,10,26H,9H2,(H,22,27)/b21-8-. The summed E-state index contributed by atoms with van der Waals surface area (Å²) in [5.74, 6) is -0.509. The van der Waals surface area contributed by atoms with Gasteiger partial charge >= 0.3 is 0 Å². The van der Waals surface area contributed by atoms with Crippen molar-refractivity contribution in [3.8, 4) is 5.75 Å². The van der Waals surface area contributed by atoms with Crippen LogP contribution < -0.4 is 5.43 Å². The van der Waals surface area contributed by atoms with Gasteiger partial charge in [0.15, 0.2) is 5.69 Å². The molecule has 0 atom stereocenters. The second kappa shape index (κ2) is 8.97. The zero-order valence-electron chi connectivity index (χ0n) is 14.6. The molecule has 0 aliphatic carbocycles. The third-order valence-electron chi connectivity index (χ3n) is 3.78. The number of carbonyl (C=O) groups excluding carboxylic acids is 1. The number of hydrazone groups is 1. The molecule has 0 unspecified atom stereocenters. The maximum absolute atomic E-state index is 12.3. The number of nitrogens with zero attached hydrogens (tertiary/aromatic N) is 4. The zero-order chi connectivity index (χ0) is 21.0. The molecule has 2 N–H and O–H groups in total. The molecule has 1 aromatic heterocycles. The van der Waals surface area contributed by atoms with E-state index in [0.29, 0.717) is 16.6 Å². The lowest BCUT2D eigenvalue weighted by Gasteiger charge is -2.02. The van der Waals surface area contributed by atoms with Crippen LogP contribution in [0.5, 0.6) is 5.75 Å². The minimum absolute atomic E-state index is 0.00445. The minimum Gasteiger partial charge on any atom is -0.507 e. The van der Waals surface area contributed by atoms with Gasteiger partial charge in [0.2, 0.25) is 0 Å². The summed E-state index contributed by atoms with van der Waals surface area (Å²) in [5.41, 5.74) is 3.71. The number of phenols is 1. The highest BCUT2D eigenvalue weighted by Gasteiger charge is 2.15. The summed E-state index contributed by atoms with van der Waals surface area (Å²) in [4.78, 5) is 22.6. The third-order valence-corrected chi connectivity index (χ3v) is 4.86. The fourth-order valence-electron chi connectivity index (χ4n) is 2.38. The summed E-state index contributed by atoms with van der Waals surface area (Å²) in [6.07, 6.45) is 2.94. The van der Waals surface area contributed by atoms with E-state index in [-0.39, 0.29) is 17.1 Å². The first-order valence-electron chi connectivity index (χ1n) is 8.11. The van der Waals surface area contributed by atoms with Gasteiger partial charge in [-0.2, -0.15) is 10.2 Å². The highest BCUT2D eigenvalue weighted by atomic mass is 79.9. The lowest BCUT2D eigenvalue weighted by Crippen LogP contribution is -2.19. The van der Waals surface area contributed by atoms with Crippen LogP contribution in [0.4, 0.5) is 5.69 Å². The quantitative estimate of drug-likeness (QED) is 0.289. The molecule has 3 aromatic rings. The van der Waals surface area contributed by atoms with Crippen LogP contribution in [0, 0.1) is 10.1 Å². The Morgan fingerprint density at radius 3 is 2.69 bits per heavy atom. The number of rotatable bonds is 6. The topological polar surface area (TPSA) is 123 Å². The van der Waals surface area contributed by atoms with Crippen LogP contribution in [-0.2, 0) is 6.54 Å². The summed E-state index contributed by atoms with van der Waals surface area (Å²) >= 11 is 6.58. The van der Waals surface area contributed by atoms with E-state index in [1.165, 1.54) is 29.1 Å². The normalized spacial score (nSPS) is 11.0. The number of aromatic nitrogens is 2. The van der Waals surface area contributed by atoms with Gasteiger partial charge in [-0.25, -0.2) is 5.43 Å². The van der Waals surface area contributed by atoms with E-state index in [1.54, 1.807) is 30.5 Å². The van der Waals surface area contributed by atoms with Crippen LogP contribution in [0.1, 0.15) is 21.6 Å². The molecule has 0 spiro atoms. The number of phenolic OH excluding ortho intramolecular Hbond substituents is 1. The second-order valence-corrected chi connectivity index (χ2v) is 7.62. The van der Waals surface area contributed by atoms with Gasteiger partial charge in [-0.15, -0.1) is 0 Å². The van der Waals surface area contributed by atoms with Gasteiger partial charge in [0.1, 0.15) is 5.75 Å². The number of halogens is 2. The van der Waals surface area contributed by atoms with Crippen molar-refractivity contribution in [1.29, 1.82) is 0 Å². The molecule has 11 heteroatoms. The molecule has 0 radical (unpaired) electrons. The van der Waals surface area contributed by atoms with Crippen LogP contribution in [0.3, 0.4) is 0 Å². The van der Waals surface area contributed by atoms with Crippen molar-refractivity contribution in [3.63, 3.8) is 0 Å². The Bertz CT molecular complexity index is 1100. The Balaban J connectivity index is 1.67. The Hall–Kier alpha value is -3.05. The Morgan fingerprint density at radius 1 is 1.28 bits per heavy atom. The van der Waals surface area contributed by atoms with E-state index < -0.39 is 10.8 Å². The van der Waals surface area contributed by atoms with E-state index in [4.69, 9.17) is 0 Å². The number of non-ortho nitro benzene ring substituents is 1. The molecule has 0 fully saturated rings. The first-order valence-corrected chi connectivity index (χ1v) is 9.70. The molecule has 0 saturated carbocycles. The van der Waals surface area contributed by atoms with Crippen LogP contribution in [0.2, 0.25) is 0 Å². The van der Waals surface area contributed by atoms with Crippen molar-refractivity contribution in [1.82, 2.24) is 15.2 Å². The van der Waals surface area contributed by atoms with Gasteiger partial charge in [-0.1, -0.05) is 28.1 Å². The molecule has 0 aliphatic heterocycles. The molecule has 148 valence electrons. The van der Waals surface area contributed by atoms with Gasteiger partial charge in [0.25, 0.3) is 11.6 Å². The Kier molecular flexibility index (Phi) is 6.39. The maximum atomic E-state index is 12.3. The molecule has 0 saturated heterocycles. The number of amides is 1. The van der Waals surface area contributed by atoms with Crippen molar-refractivity contribution in [3.05, 3.63) is 84.5 Å². The molecule has 0 bridgehead atoms. The smallest absolute Gasteiger partial charge is 0.293 e. The predicted molar refractivity (Wildman–Crippen MR) is 113 cm³/mol. The molecule has 0 aliphatic rings. The van der Waals surface area contributed by atoms with Crippen LogP contribution >= 0.6 is 31.9 Å². The van der Waals surface area contributed by atoms with Gasteiger partial charge in [0.05, 0.1) is 22.2 Å². The number of hydrogen-bond acceptors (Lipinski definition) is 6. The summed E-state index contributed by atoms with van der Waals surface area (Å²) in [6.45, 7) is 0.332. The first kappa shape index (κ1) is 20.7. The van der Waals surface area contributed by atoms with Gasteiger partial charge in [-0.3, -0.25) is 19.6 Å². The summed E-state index contributed by atoms with van der Waals surface area (Å²) in [5, 5.41) is 28.5. The predicted octanol–water partition coefficient (Wildman–Crippen LogP) is 3.83. The Labute approximate surface area is 181 Å². The van der Waals surface area contributed by atoms with Gasteiger partial charge < -0.3 is 5.11 Å². The highest BCUT2D eigenvalue weighted by molar-refractivity contribution is 9.10. The maximum Gasteiger partial charge on any atom is 0.293 e. The van der Waals surface area contributed by atoms with Crippen molar-refractivity contribution in [2.24, 2.45) is 5.10 Å². The molecule has 3 rings (SSSR count). The lowest BCUT2D eigenvalue weighted by atomic mass is 10.2. The van der Waals surface area contributed by atoms with E-state index in [0.717, 1.165) is 10.0 Å². The summed E-state index contributed by atoms with van der Waals surface area (Å²) < 4.78 is 2.76. The highest BCUT2D eigenvalue weighted by Crippen LogP contribution is 2.20. The molecule has 9 nitrogen and oxygen atoms in total. The number of nitrogens with one attached hydrogen (secondary N) is 1. The SMILES string of the molecule is O=C(N/N=C\c1cc(Br)ccc1O)c1nn(Cc2ccc([N+](=O)[O-])cc2)cc1Br. The van der Waals surface area contributed by atoms with E-state index >= 15 is 0 Å². The number of aromatic hydroxyl groups is 1. The van der Waals surface area contributed by atoms with Crippen molar-refractivity contribution < 1.29 is 14.8 Å². The number of nitro groups is 1. The summed E-state index contributed by atoms with van der Waals surface area (Å²) in [7, 11) is 0. The number of carbonyl (C=O) groups is 1. The van der Waals surface area contributed by atoms with E-state index in [1.807, 2.05) is 0 Å². The average molecular weight is 523 g/mol. The number of benzene rings is 2. The average Bonchev–Trinajstić information content (AvgIpc) is 3.05. The second-order valence-electron chi connectivity index (χ2n) is 5.85. The molecule has 1 amide bonds. The molecular weight excluding hydrogens is 510 g/mol. The molecular formula is C18H13Br2N5O4. The van der Waals surface area contributed by atoms with Crippen molar-refractivity contribution >= 4 is 49.7 Å². The first-order chi connectivity index (χ1) is 13.8. The van der Waals surface area contributed by atoms with Crippen LogP contribution in [-0.4, -0.2) is 31.9 Å².